The van der Waals surface area contributed by atoms with E-state index in [4.69, 9.17) is 0 Å². The Balaban J connectivity index is 2.64. The molecule has 3 heteroatoms. The van der Waals surface area contributed by atoms with Crippen molar-refractivity contribution in [2.75, 3.05) is 47.3 Å². The molecule has 0 bridgehead atoms. The summed E-state index contributed by atoms with van der Waals surface area (Å²) >= 11 is 0. The molecule has 0 aliphatic carbocycles. The first kappa shape index (κ1) is 17.2. The molecule has 3 nitrogen and oxygen atoms in total. The maximum absolute atomic E-state index is 3.46. The average molecular weight is 277 g/mol. The summed E-state index contributed by atoms with van der Waals surface area (Å²) < 4.78 is 0. The van der Waals surface area contributed by atoms with Gasteiger partial charge in [0.1, 0.15) is 0 Å². The van der Waals surface area contributed by atoms with E-state index in [1.165, 1.54) is 17.5 Å². The number of rotatable bonds is 9. The number of hydrogen-bond acceptors (Lipinski definition) is 3. The predicted octanol–water partition coefficient (Wildman–Crippen LogP) is 2.53. The second-order valence-electron chi connectivity index (χ2n) is 5.86. The Kier molecular flexibility index (Phi) is 7.82. The quantitative estimate of drug-likeness (QED) is 0.748. The van der Waals surface area contributed by atoms with Crippen molar-refractivity contribution in [3.8, 4) is 0 Å². The monoisotopic (exact) mass is 277 g/mol. The van der Waals surface area contributed by atoms with Gasteiger partial charge in [-0.15, -0.1) is 0 Å². The highest BCUT2D eigenvalue weighted by molar-refractivity contribution is 5.24. The molecule has 0 spiro atoms. The molecule has 1 aromatic carbocycles. The highest BCUT2D eigenvalue weighted by Crippen LogP contribution is 2.15. The minimum Gasteiger partial charge on any atom is -0.312 e. The van der Waals surface area contributed by atoms with Crippen molar-refractivity contribution in [2.24, 2.45) is 0 Å². The van der Waals surface area contributed by atoms with E-state index in [0.29, 0.717) is 6.04 Å². The molecule has 1 N–H and O–H groups in total. The highest BCUT2D eigenvalue weighted by atomic mass is 15.2. The van der Waals surface area contributed by atoms with Crippen LogP contribution in [0.4, 0.5) is 0 Å². The molecule has 0 aliphatic heterocycles. The van der Waals surface area contributed by atoms with Crippen LogP contribution in [0, 0.1) is 6.92 Å². The van der Waals surface area contributed by atoms with Crippen LogP contribution in [-0.4, -0.2) is 57.1 Å². The lowest BCUT2D eigenvalue weighted by molar-refractivity contribution is 0.221. The zero-order chi connectivity index (χ0) is 15.0. The normalized spacial score (nSPS) is 13.2. The second kappa shape index (κ2) is 9.11. The lowest BCUT2D eigenvalue weighted by Gasteiger charge is -2.28. The van der Waals surface area contributed by atoms with Crippen molar-refractivity contribution >= 4 is 0 Å². The summed E-state index contributed by atoms with van der Waals surface area (Å²) in [4.78, 5) is 4.81. The fourth-order valence-electron chi connectivity index (χ4n) is 2.37. The van der Waals surface area contributed by atoms with Crippen LogP contribution < -0.4 is 5.32 Å². The molecule has 20 heavy (non-hydrogen) atoms. The van der Waals surface area contributed by atoms with Crippen LogP contribution in [0.5, 0.6) is 0 Å². The molecule has 0 aromatic heterocycles. The van der Waals surface area contributed by atoms with E-state index in [0.717, 1.165) is 26.2 Å². The summed E-state index contributed by atoms with van der Waals surface area (Å²) in [6, 6.07) is 9.29. The molecular formula is C17H31N3. The van der Waals surface area contributed by atoms with Gasteiger partial charge in [0.2, 0.25) is 0 Å². The van der Waals surface area contributed by atoms with E-state index in [1.54, 1.807) is 0 Å². The molecule has 0 saturated carbocycles. The van der Waals surface area contributed by atoms with Gasteiger partial charge in [0.05, 0.1) is 0 Å². The Bertz CT molecular complexity index is 359. The molecule has 0 saturated heterocycles. The smallest absolute Gasteiger partial charge is 0.0446 e. The zero-order valence-electron chi connectivity index (χ0n) is 13.8. The van der Waals surface area contributed by atoms with Gasteiger partial charge in [-0.25, -0.2) is 0 Å². The fraction of sp³-hybridized carbons (Fsp3) is 0.647. The largest absolute Gasteiger partial charge is 0.312 e. The molecule has 114 valence electrons. The van der Waals surface area contributed by atoms with Crippen molar-refractivity contribution in [1.82, 2.24) is 15.1 Å². The summed E-state index contributed by atoms with van der Waals surface area (Å²) in [5.74, 6) is 0. The summed E-state index contributed by atoms with van der Waals surface area (Å²) in [6.07, 6.45) is 1.21. The lowest BCUT2D eigenvalue weighted by atomic mass is 10.0. The van der Waals surface area contributed by atoms with Crippen molar-refractivity contribution in [2.45, 2.75) is 26.3 Å². The van der Waals surface area contributed by atoms with Crippen LogP contribution in [0.3, 0.4) is 0 Å². The van der Waals surface area contributed by atoms with E-state index in [-0.39, 0.29) is 0 Å². The van der Waals surface area contributed by atoms with Gasteiger partial charge in [0.25, 0.3) is 0 Å². The first-order valence-electron chi connectivity index (χ1n) is 7.67. The maximum atomic E-state index is 3.46. The number of hydrogen-bond donors (Lipinski definition) is 1. The van der Waals surface area contributed by atoms with Crippen molar-refractivity contribution < 1.29 is 0 Å². The highest BCUT2D eigenvalue weighted by Gasteiger charge is 2.14. The maximum Gasteiger partial charge on any atom is 0.0446 e. The molecule has 1 aromatic rings. The van der Waals surface area contributed by atoms with E-state index in [9.17, 15) is 0 Å². The molecule has 0 heterocycles. The van der Waals surface area contributed by atoms with Crippen molar-refractivity contribution in [1.29, 1.82) is 0 Å². The van der Waals surface area contributed by atoms with Gasteiger partial charge in [-0.3, -0.25) is 0 Å². The number of aryl methyl sites for hydroxylation is 1. The Hall–Kier alpha value is -0.900. The molecule has 1 atom stereocenters. The predicted molar refractivity (Wildman–Crippen MR) is 88.3 cm³/mol. The van der Waals surface area contributed by atoms with Crippen molar-refractivity contribution in [3.05, 3.63) is 35.4 Å². The minimum atomic E-state index is 0.407. The molecule has 1 rings (SSSR count). The summed E-state index contributed by atoms with van der Waals surface area (Å²) in [5, 5.41) is 3.46. The van der Waals surface area contributed by atoms with Gasteiger partial charge in [0.15, 0.2) is 0 Å². The van der Waals surface area contributed by atoms with Crippen LogP contribution >= 0.6 is 0 Å². The van der Waals surface area contributed by atoms with Gasteiger partial charge in [-0.05, 0) is 46.6 Å². The third-order valence-corrected chi connectivity index (χ3v) is 3.67. The van der Waals surface area contributed by atoms with Crippen molar-refractivity contribution in [3.63, 3.8) is 0 Å². The Morgan fingerprint density at radius 3 is 2.20 bits per heavy atom. The topological polar surface area (TPSA) is 18.5 Å². The molecule has 0 amide bonds. The third kappa shape index (κ3) is 6.04. The Morgan fingerprint density at radius 1 is 1.05 bits per heavy atom. The SMILES string of the molecule is CCCN(CCN(C)C)CC(NC)c1ccc(C)cc1. The molecule has 0 fully saturated rings. The number of nitrogens with one attached hydrogen (secondary N) is 1. The van der Waals surface area contributed by atoms with E-state index < -0.39 is 0 Å². The van der Waals surface area contributed by atoms with Crippen LogP contribution in [0.25, 0.3) is 0 Å². The molecular weight excluding hydrogens is 246 g/mol. The number of likely N-dealkylation sites (N-methyl/N-ethyl adjacent to an activating group) is 2. The molecule has 1 unspecified atom stereocenters. The third-order valence-electron chi connectivity index (χ3n) is 3.67. The average Bonchev–Trinajstić information content (AvgIpc) is 2.43. The van der Waals surface area contributed by atoms with Gasteiger partial charge >= 0.3 is 0 Å². The minimum absolute atomic E-state index is 0.407. The van der Waals surface area contributed by atoms with Gasteiger partial charge in [0, 0.05) is 25.7 Å². The molecule has 0 radical (unpaired) electrons. The second-order valence-corrected chi connectivity index (χ2v) is 5.86. The number of nitrogens with zero attached hydrogens (tertiary/aromatic N) is 2. The van der Waals surface area contributed by atoms with E-state index >= 15 is 0 Å². The van der Waals surface area contributed by atoms with Crippen LogP contribution in [0.2, 0.25) is 0 Å². The van der Waals surface area contributed by atoms with Crippen LogP contribution in [0.15, 0.2) is 24.3 Å². The Labute approximate surface area is 125 Å². The summed E-state index contributed by atoms with van der Waals surface area (Å²) in [5.41, 5.74) is 2.70. The first-order chi connectivity index (χ1) is 9.56. The molecule has 0 aliphatic rings. The van der Waals surface area contributed by atoms with E-state index in [1.807, 2.05) is 0 Å². The standard InChI is InChI=1S/C17H31N3/c1-6-11-20(13-12-19(4)5)14-17(18-3)16-9-7-15(2)8-10-16/h7-10,17-18H,6,11-14H2,1-5H3. The van der Waals surface area contributed by atoms with E-state index in [2.05, 4.69) is 74.4 Å². The zero-order valence-corrected chi connectivity index (χ0v) is 13.8. The summed E-state index contributed by atoms with van der Waals surface area (Å²) in [7, 11) is 6.33. The first-order valence-corrected chi connectivity index (χ1v) is 7.67. The van der Waals surface area contributed by atoms with Gasteiger partial charge in [-0.1, -0.05) is 36.8 Å². The van der Waals surface area contributed by atoms with Gasteiger partial charge in [-0.2, -0.15) is 0 Å². The lowest BCUT2D eigenvalue weighted by Crippen LogP contribution is -2.38. The van der Waals surface area contributed by atoms with Crippen LogP contribution in [-0.2, 0) is 0 Å². The fourth-order valence-corrected chi connectivity index (χ4v) is 2.37. The Morgan fingerprint density at radius 2 is 1.70 bits per heavy atom. The number of benzene rings is 1. The van der Waals surface area contributed by atoms with Gasteiger partial charge < -0.3 is 15.1 Å². The summed E-state index contributed by atoms with van der Waals surface area (Å²) in [6.45, 7) is 8.87. The van der Waals surface area contributed by atoms with Crippen LogP contribution in [0.1, 0.15) is 30.5 Å².